The van der Waals surface area contributed by atoms with Crippen molar-refractivity contribution in [2.24, 2.45) is 0 Å². The smallest absolute Gasteiger partial charge is 0.0726 e. The van der Waals surface area contributed by atoms with Crippen LogP contribution in [0, 0.1) is 0 Å². The summed E-state index contributed by atoms with van der Waals surface area (Å²) in [5.74, 6) is 0. The Morgan fingerprint density at radius 2 is 0.723 bits per heavy atom. The van der Waals surface area contributed by atoms with Crippen LogP contribution in [0.3, 0.4) is 0 Å². The van der Waals surface area contributed by atoms with Crippen LogP contribution in [0.1, 0.15) is 47.2 Å². The standard InChI is InChI=1S/C64H45N/c1-63(2)58-40-44(42-20-5-3-6-21-42)36-38-51(58)52-39-37-45(41-59(52)63)65(60-34-18-14-24-46(60)43-22-7-4-8-23-43)61-35-19-33-57-62(61)53-29-13-17-32-56(53)64(57)54-30-15-11-27-49(54)47-25-9-10-26-48(47)50-28-12-16-31-55(50)64/h3-41H,1-2H3. The Labute approximate surface area is 381 Å². The molecule has 0 bridgehead atoms. The highest BCUT2D eigenvalue weighted by Gasteiger charge is 2.51. The number of hydrogen-bond donors (Lipinski definition) is 0. The van der Waals surface area contributed by atoms with Crippen molar-refractivity contribution in [3.05, 3.63) is 270 Å². The fraction of sp³-hybridized carbons (Fsp3) is 0.0625. The van der Waals surface area contributed by atoms with Gasteiger partial charge in [-0.05, 0) is 119 Å². The first-order chi connectivity index (χ1) is 32.0. The van der Waals surface area contributed by atoms with E-state index in [2.05, 4.69) is 255 Å². The Balaban J connectivity index is 1.09. The van der Waals surface area contributed by atoms with Crippen molar-refractivity contribution in [1.82, 2.24) is 0 Å². The number of fused-ring (bicyclic) bond motifs is 15. The summed E-state index contributed by atoms with van der Waals surface area (Å²) in [4.78, 5) is 2.56. The molecule has 0 amide bonds. The predicted octanol–water partition coefficient (Wildman–Crippen LogP) is 16.8. The summed E-state index contributed by atoms with van der Waals surface area (Å²) in [7, 11) is 0. The topological polar surface area (TPSA) is 3.24 Å². The van der Waals surface area contributed by atoms with Crippen molar-refractivity contribution in [2.45, 2.75) is 24.7 Å². The summed E-state index contributed by atoms with van der Waals surface area (Å²) in [6, 6.07) is 88.5. The van der Waals surface area contributed by atoms with Crippen LogP contribution in [0.4, 0.5) is 17.1 Å². The van der Waals surface area contributed by atoms with Gasteiger partial charge in [0.15, 0.2) is 0 Å². The third-order valence-corrected chi connectivity index (χ3v) is 14.7. The summed E-state index contributed by atoms with van der Waals surface area (Å²) >= 11 is 0. The van der Waals surface area contributed by atoms with Gasteiger partial charge in [-0.15, -0.1) is 0 Å². The van der Waals surface area contributed by atoms with Crippen molar-refractivity contribution in [3.8, 4) is 66.8 Å². The third-order valence-electron chi connectivity index (χ3n) is 14.7. The van der Waals surface area contributed by atoms with Gasteiger partial charge in [0.1, 0.15) is 0 Å². The second-order valence-electron chi connectivity index (χ2n) is 18.3. The van der Waals surface area contributed by atoms with Crippen LogP contribution in [0.15, 0.2) is 237 Å². The molecular weight excluding hydrogens is 783 g/mol. The molecule has 0 saturated heterocycles. The van der Waals surface area contributed by atoms with E-state index in [1.807, 2.05) is 0 Å². The maximum absolute atomic E-state index is 2.56. The minimum absolute atomic E-state index is 0.228. The Bertz CT molecular complexity index is 3450. The first-order valence-electron chi connectivity index (χ1n) is 22.8. The fourth-order valence-electron chi connectivity index (χ4n) is 11.9. The predicted molar refractivity (Wildman–Crippen MR) is 271 cm³/mol. The molecule has 0 heterocycles. The normalized spacial score (nSPS) is 13.9. The van der Waals surface area contributed by atoms with E-state index in [1.165, 1.54) is 100 Å². The molecule has 3 aliphatic carbocycles. The zero-order valence-electron chi connectivity index (χ0n) is 36.5. The Morgan fingerprint density at radius 3 is 1.37 bits per heavy atom. The van der Waals surface area contributed by atoms with E-state index in [-0.39, 0.29) is 5.41 Å². The van der Waals surface area contributed by atoms with Crippen molar-refractivity contribution >= 4 is 17.1 Å². The van der Waals surface area contributed by atoms with Gasteiger partial charge < -0.3 is 4.90 Å². The van der Waals surface area contributed by atoms with E-state index in [0.29, 0.717) is 0 Å². The zero-order valence-corrected chi connectivity index (χ0v) is 36.5. The van der Waals surface area contributed by atoms with Crippen LogP contribution >= 0.6 is 0 Å². The van der Waals surface area contributed by atoms with Gasteiger partial charge >= 0.3 is 0 Å². The van der Waals surface area contributed by atoms with Crippen molar-refractivity contribution in [3.63, 3.8) is 0 Å². The molecule has 0 aromatic heterocycles. The first kappa shape index (κ1) is 37.5. The highest BCUT2D eigenvalue weighted by molar-refractivity contribution is 6.03. The Kier molecular flexibility index (Phi) is 8.24. The summed E-state index contributed by atoms with van der Waals surface area (Å²) in [6.07, 6.45) is 0. The van der Waals surface area contributed by atoms with Gasteiger partial charge in [-0.3, -0.25) is 0 Å². The molecule has 13 rings (SSSR count). The van der Waals surface area contributed by atoms with Crippen LogP contribution < -0.4 is 4.90 Å². The molecule has 0 N–H and O–H groups in total. The van der Waals surface area contributed by atoms with Gasteiger partial charge in [0, 0.05) is 22.2 Å². The summed E-state index contributed by atoms with van der Waals surface area (Å²) in [5.41, 5.74) is 25.6. The quantitative estimate of drug-likeness (QED) is 0.167. The van der Waals surface area contributed by atoms with Gasteiger partial charge in [0.25, 0.3) is 0 Å². The lowest BCUT2D eigenvalue weighted by Gasteiger charge is -2.36. The largest absolute Gasteiger partial charge is 0.309 e. The zero-order chi connectivity index (χ0) is 43.3. The van der Waals surface area contributed by atoms with Gasteiger partial charge in [-0.2, -0.15) is 0 Å². The molecule has 10 aromatic rings. The molecule has 1 nitrogen and oxygen atoms in total. The molecule has 0 aliphatic heterocycles. The van der Waals surface area contributed by atoms with E-state index in [0.717, 1.165) is 17.1 Å². The average Bonchev–Trinajstić information content (AvgIpc) is 3.75. The second kappa shape index (κ2) is 14.3. The minimum atomic E-state index is -0.587. The number of benzene rings is 10. The van der Waals surface area contributed by atoms with E-state index in [1.54, 1.807) is 0 Å². The van der Waals surface area contributed by atoms with Crippen molar-refractivity contribution < 1.29 is 0 Å². The molecule has 0 saturated carbocycles. The molecule has 0 atom stereocenters. The lowest BCUT2D eigenvalue weighted by molar-refractivity contribution is 0.660. The maximum atomic E-state index is 2.56. The van der Waals surface area contributed by atoms with E-state index in [4.69, 9.17) is 0 Å². The van der Waals surface area contributed by atoms with Gasteiger partial charge in [-0.25, -0.2) is 0 Å². The highest BCUT2D eigenvalue weighted by Crippen LogP contribution is 2.64. The lowest BCUT2D eigenvalue weighted by atomic mass is 9.66. The van der Waals surface area contributed by atoms with Crippen molar-refractivity contribution in [2.75, 3.05) is 4.90 Å². The number of rotatable bonds is 5. The molecule has 0 radical (unpaired) electrons. The summed E-state index contributed by atoms with van der Waals surface area (Å²) in [5, 5.41) is 0. The summed E-state index contributed by atoms with van der Waals surface area (Å²) < 4.78 is 0. The average molecular weight is 828 g/mol. The fourth-order valence-corrected chi connectivity index (χ4v) is 11.9. The monoisotopic (exact) mass is 827 g/mol. The Morgan fingerprint density at radius 1 is 0.277 bits per heavy atom. The SMILES string of the molecule is CC1(C)c2cc(-c3ccccc3)ccc2-c2ccc(N(c3ccccc3-c3ccccc3)c3cccc4c3-c3ccccc3C43c4ccccc4-c4ccccc4-c4ccccc43)cc21. The molecule has 0 unspecified atom stereocenters. The molecule has 1 spiro atoms. The lowest BCUT2D eigenvalue weighted by Crippen LogP contribution is -2.29. The van der Waals surface area contributed by atoms with Crippen LogP contribution in [0.2, 0.25) is 0 Å². The maximum Gasteiger partial charge on any atom is 0.0726 e. The van der Waals surface area contributed by atoms with Crippen molar-refractivity contribution in [1.29, 1.82) is 0 Å². The molecule has 3 aliphatic rings. The highest BCUT2D eigenvalue weighted by atomic mass is 15.1. The molecule has 306 valence electrons. The summed E-state index contributed by atoms with van der Waals surface area (Å²) in [6.45, 7) is 4.80. The first-order valence-corrected chi connectivity index (χ1v) is 22.8. The second-order valence-corrected chi connectivity index (χ2v) is 18.3. The third kappa shape index (κ3) is 5.33. The molecule has 65 heavy (non-hydrogen) atoms. The van der Waals surface area contributed by atoms with Crippen LogP contribution in [-0.4, -0.2) is 0 Å². The van der Waals surface area contributed by atoms with Gasteiger partial charge in [-0.1, -0.05) is 220 Å². The van der Waals surface area contributed by atoms with Gasteiger partial charge in [0.2, 0.25) is 0 Å². The van der Waals surface area contributed by atoms with Crippen LogP contribution in [0.25, 0.3) is 66.8 Å². The molecule has 10 aromatic carbocycles. The minimum Gasteiger partial charge on any atom is -0.309 e. The van der Waals surface area contributed by atoms with Crippen LogP contribution in [0.5, 0.6) is 0 Å². The van der Waals surface area contributed by atoms with E-state index in [9.17, 15) is 0 Å². The number of para-hydroxylation sites is 1. The van der Waals surface area contributed by atoms with E-state index < -0.39 is 5.41 Å². The molecule has 0 fully saturated rings. The number of nitrogens with zero attached hydrogens (tertiary/aromatic N) is 1. The Hall–Kier alpha value is -8.00. The number of hydrogen-bond acceptors (Lipinski definition) is 1. The molecule has 1 heteroatoms. The molecular formula is C64H45N. The van der Waals surface area contributed by atoms with E-state index >= 15 is 0 Å². The van der Waals surface area contributed by atoms with Crippen LogP contribution in [-0.2, 0) is 10.8 Å². The van der Waals surface area contributed by atoms with Gasteiger partial charge in [0.05, 0.1) is 16.8 Å². The number of anilines is 3.